The van der Waals surface area contributed by atoms with Crippen molar-refractivity contribution in [2.24, 2.45) is 0 Å². The molecular formula is C24H27N3O2S. The van der Waals surface area contributed by atoms with Crippen LogP contribution in [-0.2, 0) is 9.59 Å². The van der Waals surface area contributed by atoms with E-state index in [1.165, 1.54) is 30.2 Å². The predicted molar refractivity (Wildman–Crippen MR) is 122 cm³/mol. The first-order chi connectivity index (χ1) is 14.6. The van der Waals surface area contributed by atoms with E-state index < -0.39 is 0 Å². The van der Waals surface area contributed by atoms with Crippen molar-refractivity contribution < 1.29 is 9.59 Å². The maximum atomic E-state index is 13.2. The number of anilines is 1. The molecule has 30 heavy (non-hydrogen) atoms. The molecule has 0 aliphatic carbocycles. The Morgan fingerprint density at radius 3 is 2.60 bits per heavy atom. The number of nitrogens with one attached hydrogen (secondary N) is 1. The molecule has 4 rings (SSSR count). The summed E-state index contributed by atoms with van der Waals surface area (Å²) in [5, 5.41) is 2.98. The number of benzene rings is 2. The van der Waals surface area contributed by atoms with Crippen LogP contribution in [0, 0.1) is 6.92 Å². The molecule has 1 saturated heterocycles. The van der Waals surface area contributed by atoms with E-state index in [1.54, 1.807) is 4.90 Å². The maximum Gasteiger partial charge on any atom is 0.265 e. The summed E-state index contributed by atoms with van der Waals surface area (Å²) in [6, 6.07) is 15.8. The summed E-state index contributed by atoms with van der Waals surface area (Å²) in [7, 11) is 0. The lowest BCUT2D eigenvalue weighted by molar-refractivity contribution is -0.122. The fraction of sp³-hybridized carbons (Fsp3) is 0.333. The van der Waals surface area contributed by atoms with Gasteiger partial charge in [0.25, 0.3) is 5.91 Å². The third-order valence-electron chi connectivity index (χ3n) is 5.46. The van der Waals surface area contributed by atoms with E-state index in [0.29, 0.717) is 11.4 Å². The number of carbonyl (C=O) groups excluding carboxylic acids is 2. The minimum absolute atomic E-state index is 0.0294. The van der Waals surface area contributed by atoms with Crippen molar-refractivity contribution in [3.63, 3.8) is 0 Å². The van der Waals surface area contributed by atoms with E-state index in [4.69, 9.17) is 0 Å². The van der Waals surface area contributed by atoms with Crippen LogP contribution in [-0.4, -0.2) is 49.4 Å². The number of nitrogens with zero attached hydrogens (tertiary/aromatic N) is 2. The van der Waals surface area contributed by atoms with Gasteiger partial charge in [-0.25, -0.2) is 0 Å². The zero-order chi connectivity index (χ0) is 20.9. The van der Waals surface area contributed by atoms with Crippen molar-refractivity contribution in [2.75, 3.05) is 37.6 Å². The molecule has 2 heterocycles. The highest BCUT2D eigenvalue weighted by Crippen LogP contribution is 2.41. The molecule has 2 aliphatic heterocycles. The van der Waals surface area contributed by atoms with Gasteiger partial charge in [0.2, 0.25) is 5.91 Å². The lowest BCUT2D eigenvalue weighted by atomic mass is 10.1. The number of likely N-dealkylation sites (tertiary alicyclic amines) is 1. The molecule has 0 saturated carbocycles. The predicted octanol–water partition coefficient (Wildman–Crippen LogP) is 3.69. The Morgan fingerprint density at radius 2 is 1.83 bits per heavy atom. The molecule has 156 valence electrons. The topological polar surface area (TPSA) is 52.7 Å². The van der Waals surface area contributed by atoms with Crippen molar-refractivity contribution in [2.45, 2.75) is 24.7 Å². The quantitative estimate of drug-likeness (QED) is 0.723. The van der Waals surface area contributed by atoms with Crippen LogP contribution < -0.4 is 10.2 Å². The summed E-state index contributed by atoms with van der Waals surface area (Å²) in [5.74, 6) is -0.257. The number of hydrogen-bond acceptors (Lipinski definition) is 4. The first-order valence-electron chi connectivity index (χ1n) is 10.5. The van der Waals surface area contributed by atoms with E-state index in [1.807, 2.05) is 61.5 Å². The average molecular weight is 422 g/mol. The largest absolute Gasteiger partial charge is 0.353 e. The van der Waals surface area contributed by atoms with Crippen molar-refractivity contribution in [3.8, 4) is 0 Å². The smallest absolute Gasteiger partial charge is 0.265 e. The van der Waals surface area contributed by atoms with Crippen LogP contribution in [0.5, 0.6) is 0 Å². The second-order valence-corrected chi connectivity index (χ2v) is 8.86. The van der Waals surface area contributed by atoms with Gasteiger partial charge >= 0.3 is 0 Å². The van der Waals surface area contributed by atoms with Crippen molar-refractivity contribution in [1.29, 1.82) is 0 Å². The highest BCUT2D eigenvalue weighted by molar-refractivity contribution is 8.04. The maximum absolute atomic E-state index is 13.2. The molecule has 0 aromatic heterocycles. The number of aryl methyl sites for hydroxylation is 1. The SMILES string of the molecule is Cc1ccc(C=C2Sc3ccccc3N(CC(=O)NCCN3CCCC3)C2=O)cc1. The van der Waals surface area contributed by atoms with E-state index in [2.05, 4.69) is 10.2 Å². The Balaban J connectivity index is 1.48. The molecule has 0 bridgehead atoms. The Morgan fingerprint density at radius 1 is 1.10 bits per heavy atom. The van der Waals surface area contributed by atoms with Crippen LogP contribution in [0.15, 0.2) is 58.3 Å². The zero-order valence-corrected chi connectivity index (χ0v) is 18.1. The van der Waals surface area contributed by atoms with Crippen molar-refractivity contribution in [1.82, 2.24) is 10.2 Å². The van der Waals surface area contributed by atoms with Gasteiger partial charge in [-0.05, 0) is 56.6 Å². The fourth-order valence-electron chi connectivity index (χ4n) is 3.79. The fourth-order valence-corrected chi connectivity index (χ4v) is 4.85. The highest BCUT2D eigenvalue weighted by atomic mass is 32.2. The van der Waals surface area contributed by atoms with Gasteiger partial charge in [0.05, 0.1) is 10.6 Å². The van der Waals surface area contributed by atoms with Crippen molar-refractivity contribution in [3.05, 3.63) is 64.6 Å². The minimum Gasteiger partial charge on any atom is -0.353 e. The first-order valence-corrected chi connectivity index (χ1v) is 11.3. The van der Waals surface area contributed by atoms with Crippen LogP contribution in [0.4, 0.5) is 5.69 Å². The van der Waals surface area contributed by atoms with Crippen LogP contribution in [0.1, 0.15) is 24.0 Å². The van der Waals surface area contributed by atoms with E-state index in [-0.39, 0.29) is 18.4 Å². The minimum atomic E-state index is -0.131. The van der Waals surface area contributed by atoms with E-state index in [9.17, 15) is 9.59 Å². The molecule has 0 spiro atoms. The van der Waals surface area contributed by atoms with Gasteiger partial charge in [0, 0.05) is 18.0 Å². The molecule has 2 amide bonds. The average Bonchev–Trinajstić information content (AvgIpc) is 3.26. The van der Waals surface area contributed by atoms with E-state index in [0.717, 1.165) is 35.8 Å². The summed E-state index contributed by atoms with van der Waals surface area (Å²) in [4.78, 5) is 31.4. The number of fused-ring (bicyclic) bond motifs is 1. The molecule has 0 atom stereocenters. The Kier molecular flexibility index (Phi) is 6.55. The van der Waals surface area contributed by atoms with Gasteiger partial charge in [-0.15, -0.1) is 0 Å². The third kappa shape index (κ3) is 4.94. The zero-order valence-electron chi connectivity index (χ0n) is 17.3. The van der Waals surface area contributed by atoms with Gasteiger partial charge in [-0.3, -0.25) is 14.5 Å². The second-order valence-electron chi connectivity index (χ2n) is 7.78. The molecule has 5 nitrogen and oxygen atoms in total. The van der Waals surface area contributed by atoms with Gasteiger partial charge < -0.3 is 10.2 Å². The molecule has 2 aromatic rings. The molecule has 1 N–H and O–H groups in total. The Labute approximate surface area is 182 Å². The molecule has 1 fully saturated rings. The van der Waals surface area contributed by atoms with Crippen molar-refractivity contribution >= 4 is 35.3 Å². The van der Waals surface area contributed by atoms with Gasteiger partial charge in [0.15, 0.2) is 0 Å². The number of thioether (sulfide) groups is 1. The van der Waals surface area contributed by atoms with E-state index >= 15 is 0 Å². The van der Waals surface area contributed by atoms with Crippen LogP contribution in [0.3, 0.4) is 0 Å². The monoisotopic (exact) mass is 421 g/mol. The molecular weight excluding hydrogens is 394 g/mol. The van der Waals surface area contributed by atoms with Crippen LogP contribution in [0.25, 0.3) is 6.08 Å². The number of amides is 2. The summed E-state index contributed by atoms with van der Waals surface area (Å²) in [6.45, 7) is 5.77. The molecule has 2 aromatic carbocycles. The molecule has 0 unspecified atom stereocenters. The third-order valence-corrected chi connectivity index (χ3v) is 6.54. The highest BCUT2D eigenvalue weighted by Gasteiger charge is 2.30. The first kappa shape index (κ1) is 20.7. The van der Waals surface area contributed by atoms with Gasteiger partial charge in [-0.1, -0.05) is 53.7 Å². The Bertz CT molecular complexity index is 949. The van der Waals surface area contributed by atoms with Crippen LogP contribution >= 0.6 is 11.8 Å². The Hall–Kier alpha value is -2.57. The number of carbonyl (C=O) groups is 2. The second kappa shape index (κ2) is 9.49. The van der Waals surface area contributed by atoms with Gasteiger partial charge in [-0.2, -0.15) is 0 Å². The number of rotatable bonds is 6. The lowest BCUT2D eigenvalue weighted by Crippen LogP contribution is -2.44. The lowest BCUT2D eigenvalue weighted by Gasteiger charge is -2.30. The normalized spacial score (nSPS) is 18.0. The number of para-hydroxylation sites is 1. The van der Waals surface area contributed by atoms with Crippen LogP contribution in [0.2, 0.25) is 0 Å². The summed E-state index contributed by atoms with van der Waals surface area (Å²) in [6.07, 6.45) is 4.38. The van der Waals surface area contributed by atoms with Gasteiger partial charge in [0.1, 0.15) is 6.54 Å². The molecule has 2 aliphatic rings. The number of hydrogen-bond donors (Lipinski definition) is 1. The summed E-state index contributed by atoms with van der Waals surface area (Å²) in [5.41, 5.74) is 2.95. The standard InChI is InChI=1S/C24H27N3O2S/c1-18-8-10-19(11-9-18)16-22-24(29)27(20-6-2-3-7-21(20)30-22)17-23(28)25-12-15-26-13-4-5-14-26/h2-3,6-11,16H,4-5,12-15,17H2,1H3,(H,25,28). The summed E-state index contributed by atoms with van der Waals surface area (Å²) < 4.78 is 0. The molecule has 6 heteroatoms. The molecule has 0 radical (unpaired) electrons. The summed E-state index contributed by atoms with van der Waals surface area (Å²) >= 11 is 1.46.